The highest BCUT2D eigenvalue weighted by molar-refractivity contribution is 7.66. The molecular weight excluding hydrogens is 1100 g/mol. The molecule has 0 radical (unpaired) electrons. The summed E-state index contributed by atoms with van der Waals surface area (Å²) in [5.41, 5.74) is 9.26. The predicted octanol–water partition coefficient (Wildman–Crippen LogP) is -3.77. The van der Waals surface area contributed by atoms with E-state index in [2.05, 4.69) is 33.5 Å². The van der Waals surface area contributed by atoms with Crippen molar-refractivity contribution in [1.82, 2.24) is 48.5 Å². The zero-order valence-electron chi connectivity index (χ0n) is 38.8. The van der Waals surface area contributed by atoms with Crippen LogP contribution in [0.5, 0.6) is 0 Å². The maximum absolute atomic E-state index is 13.4. The third-order valence-electron chi connectivity index (χ3n) is 11.7. The number of carbonyl (C=O) groups excluding carboxylic acids is 1. The summed E-state index contributed by atoms with van der Waals surface area (Å²) in [4.78, 5) is 113. The first kappa shape index (κ1) is 56.1. The van der Waals surface area contributed by atoms with Crippen LogP contribution < -0.4 is 32.8 Å². The molecule has 3 fully saturated rings. The lowest BCUT2D eigenvalue weighted by molar-refractivity contribution is -0.646. The normalized spacial score (nSPS) is 29.3. The number of amides is 1. The third kappa shape index (κ3) is 12.4. The summed E-state index contributed by atoms with van der Waals surface area (Å²) in [5.74, 6) is -2.14. The van der Waals surface area contributed by atoms with Crippen molar-refractivity contribution in [2.24, 2.45) is 13.0 Å². The second-order valence-corrected chi connectivity index (χ2v) is 23.1. The van der Waals surface area contributed by atoms with E-state index in [1.807, 2.05) is 4.98 Å². The minimum atomic E-state index is -6.19. The number of nitrogen functional groups attached to an aromatic ring is 2. The lowest BCUT2D eigenvalue weighted by atomic mass is 9.94. The second-order valence-electron chi connectivity index (χ2n) is 17.0. The summed E-state index contributed by atoms with van der Waals surface area (Å²) in [5, 5.41) is 32.6. The van der Waals surface area contributed by atoms with Gasteiger partial charge in [0.1, 0.15) is 54.7 Å². The maximum atomic E-state index is 13.4. The number of aromatic amines is 2. The van der Waals surface area contributed by atoms with Crippen LogP contribution in [-0.2, 0) is 71.0 Å². The molecule has 0 saturated carbocycles. The molecule has 37 nitrogen and oxygen atoms in total. The largest absolute Gasteiger partial charge is 0.490 e. The van der Waals surface area contributed by atoms with Gasteiger partial charge in [0.05, 0.1) is 39.3 Å². The maximum Gasteiger partial charge on any atom is 0.490 e. The number of fused-ring (bicyclic) bond motifs is 2. The molecule has 0 spiro atoms. The summed E-state index contributed by atoms with van der Waals surface area (Å²) in [6.07, 6.45) is -12.4. The van der Waals surface area contributed by atoms with Crippen molar-refractivity contribution in [2.45, 2.75) is 74.3 Å². The molecule has 1 amide bonds. The Labute approximate surface area is 417 Å². The first-order valence-corrected chi connectivity index (χ1v) is 27.6. The van der Waals surface area contributed by atoms with E-state index >= 15 is 0 Å². The number of aromatic nitrogens is 10. The first-order chi connectivity index (χ1) is 35.0. The minimum absolute atomic E-state index is 0.00503. The molecule has 0 aromatic carbocycles. The van der Waals surface area contributed by atoms with Gasteiger partial charge in [-0.2, -0.15) is 18.2 Å². The monoisotopic (exact) mass is 1150 g/mol. The Morgan fingerprint density at radius 3 is 2.09 bits per heavy atom. The van der Waals surface area contributed by atoms with Gasteiger partial charge in [0, 0.05) is 45.1 Å². The van der Waals surface area contributed by atoms with E-state index in [4.69, 9.17) is 43.8 Å². The summed E-state index contributed by atoms with van der Waals surface area (Å²) in [6.45, 7) is -3.22. The Kier molecular flexibility index (Phi) is 16.0. The fourth-order valence-corrected chi connectivity index (χ4v) is 12.7. The molecule has 3 saturated heterocycles. The molecule has 75 heavy (non-hydrogen) atoms. The van der Waals surface area contributed by atoms with Crippen molar-refractivity contribution in [3.8, 4) is 0 Å². The quantitative estimate of drug-likeness (QED) is 0.0263. The first-order valence-electron chi connectivity index (χ1n) is 21.6. The van der Waals surface area contributed by atoms with Crippen LogP contribution >= 0.6 is 31.3 Å². The van der Waals surface area contributed by atoms with Crippen molar-refractivity contribution >= 4 is 71.3 Å². The molecular formula is C34H48N13O24P4+. The number of nitrogens with one attached hydrogen (secondary N) is 2. The molecule has 8 rings (SSSR count). The number of carbonyl (C=O) groups is 1. The Morgan fingerprint density at radius 2 is 1.43 bits per heavy atom. The van der Waals surface area contributed by atoms with Crippen LogP contribution in [0.15, 0.2) is 45.6 Å². The number of aliphatic hydroxyl groups is 3. The van der Waals surface area contributed by atoms with Crippen LogP contribution in [0.2, 0.25) is 0 Å². The SMILES string of the molecule is CN(C)C(=O)C[C@H]1[C@@H](O)[C@H](n2c[n+](C)c3c(=O)[nH]c(N)nc32)O[C@@H]1COP(=O)(O)OP(=O)(O)OP(=O)(O)OC[C@H]1O[C@@H](n2cnc3c(N)ncnc32)C[C@@H]1OP(=O)(O)OC[C@H]1O[C@@H](n2ccc(=O)[nH]c2=O)[C@H](O)[C@@H]1O. The molecule has 15 atom stereocenters. The van der Waals surface area contributed by atoms with Gasteiger partial charge in [-0.05, 0) is 0 Å². The van der Waals surface area contributed by atoms with Gasteiger partial charge < -0.3 is 65.5 Å². The number of ether oxygens (including phenoxy) is 3. The lowest BCUT2D eigenvalue weighted by Crippen LogP contribution is -2.37. The van der Waals surface area contributed by atoms with Gasteiger partial charge in [-0.3, -0.25) is 51.6 Å². The highest BCUT2D eigenvalue weighted by Gasteiger charge is 2.52. The van der Waals surface area contributed by atoms with E-state index in [0.717, 1.165) is 23.2 Å². The Hall–Kier alpha value is -5.07. The minimum Gasteiger partial charge on any atom is -0.387 e. The molecule has 4 unspecified atom stereocenters. The Bertz CT molecular complexity index is 3350. The smallest absolute Gasteiger partial charge is 0.387 e. The van der Waals surface area contributed by atoms with Crippen molar-refractivity contribution < 1.29 is 103 Å². The van der Waals surface area contributed by atoms with Crippen LogP contribution in [-0.4, -0.2) is 166 Å². The highest BCUT2D eigenvalue weighted by Crippen LogP contribution is 2.68. The van der Waals surface area contributed by atoms with Gasteiger partial charge in [-0.25, -0.2) is 42.6 Å². The summed E-state index contributed by atoms with van der Waals surface area (Å²) < 4.78 is 103. The number of nitrogens with two attached hydrogens (primary N) is 2. The van der Waals surface area contributed by atoms with Crippen LogP contribution in [0.4, 0.5) is 11.8 Å². The molecule has 8 heterocycles. The number of phosphoric acid groups is 4. The number of phosphoric ester groups is 3. The van der Waals surface area contributed by atoms with E-state index in [1.54, 1.807) is 0 Å². The Morgan fingerprint density at radius 1 is 0.800 bits per heavy atom. The van der Waals surface area contributed by atoms with Gasteiger partial charge in [0.25, 0.3) is 16.7 Å². The molecule has 41 heteroatoms. The fourth-order valence-electron chi connectivity index (χ4n) is 8.24. The second kappa shape index (κ2) is 21.4. The van der Waals surface area contributed by atoms with Crippen LogP contribution in [0.3, 0.4) is 0 Å². The summed E-state index contributed by atoms with van der Waals surface area (Å²) >= 11 is 0. The number of imidazole rings is 2. The van der Waals surface area contributed by atoms with Crippen LogP contribution in [0.1, 0.15) is 31.5 Å². The number of aryl methyl sites for hydroxylation is 1. The van der Waals surface area contributed by atoms with E-state index < -0.39 is 154 Å². The molecule has 3 aliphatic rings. The van der Waals surface area contributed by atoms with Gasteiger partial charge >= 0.3 is 42.5 Å². The van der Waals surface area contributed by atoms with Gasteiger partial charge in [0.15, 0.2) is 17.7 Å². The molecule has 13 N–H and O–H groups in total. The number of rotatable bonds is 20. The van der Waals surface area contributed by atoms with Crippen LogP contribution in [0.25, 0.3) is 22.3 Å². The molecule has 5 aromatic heterocycles. The lowest BCUT2D eigenvalue weighted by Gasteiger charge is -2.24. The molecule has 412 valence electrons. The number of aliphatic hydroxyl groups excluding tert-OH is 3. The van der Waals surface area contributed by atoms with Crippen molar-refractivity contribution in [3.63, 3.8) is 0 Å². The number of hydrogen-bond donors (Lipinski definition) is 11. The average Bonchev–Trinajstić information content (AvgIpc) is 4.11. The number of anilines is 2. The molecule has 5 aromatic rings. The zero-order chi connectivity index (χ0) is 54.7. The van der Waals surface area contributed by atoms with E-state index in [0.29, 0.717) is 0 Å². The van der Waals surface area contributed by atoms with Crippen molar-refractivity contribution in [1.29, 1.82) is 0 Å². The van der Waals surface area contributed by atoms with E-state index in [1.165, 1.54) is 52.4 Å². The van der Waals surface area contributed by atoms with Gasteiger partial charge in [-0.1, -0.05) is 0 Å². The molecule has 3 aliphatic heterocycles. The summed E-state index contributed by atoms with van der Waals surface area (Å²) in [6, 6.07) is 0.928. The van der Waals surface area contributed by atoms with E-state index in [-0.39, 0.29) is 34.1 Å². The van der Waals surface area contributed by atoms with Crippen molar-refractivity contribution in [2.75, 3.05) is 45.4 Å². The average molecular weight is 1150 g/mol. The molecule has 0 aliphatic carbocycles. The van der Waals surface area contributed by atoms with Gasteiger partial charge in [0.2, 0.25) is 24.4 Å². The van der Waals surface area contributed by atoms with Gasteiger partial charge in [-0.15, -0.1) is 0 Å². The van der Waals surface area contributed by atoms with Crippen LogP contribution in [0, 0.1) is 5.92 Å². The standard InChI is InChI=1S/C34H47N13O24P4/c1-43(2)20(49)6-14-16(67-31(24(14)50)47-13-44(3)23-29(47)41-33(36)42-30(23)53)8-64-73(57,58)70-75(61,62)71-74(59,60)65-9-17-15(7-21(66-17)46-12-39-22-27(35)37-11-38-28(22)46)69-72(55,56)63-10-18-25(51)26(52)32(68-18)45-5-4-19(48)40-34(45)54/h4-5,11-18,21,24-26,31-32,50-52H,6-10H2,1-3H3,(H9-,35,36,37,38,40,41,42,48,53,54,55,56,57,58,59,60,61,62)/p+1/t14-,15+,16-,17-,18-,21-,24-,25-,26-,31-,32-/m1/s1. The fraction of sp³-hybridized carbons (Fsp3) is 0.559. The summed E-state index contributed by atoms with van der Waals surface area (Å²) in [7, 11) is -19.0. The van der Waals surface area contributed by atoms with Crippen molar-refractivity contribution in [3.05, 3.63) is 62.4 Å². The third-order valence-corrected chi connectivity index (χ3v) is 17.0. The zero-order valence-corrected chi connectivity index (χ0v) is 42.4. The Balaban J connectivity index is 0.926. The number of nitrogens with zero attached hydrogens (tertiary/aromatic N) is 9. The molecule has 0 bridgehead atoms. The van der Waals surface area contributed by atoms with E-state index in [9.17, 15) is 72.3 Å². The number of hydrogen-bond acceptors (Lipinski definition) is 26. The predicted molar refractivity (Wildman–Crippen MR) is 242 cm³/mol. The highest BCUT2D eigenvalue weighted by atomic mass is 31.3. The number of H-pyrrole nitrogens is 2. The topological polar surface area (TPSA) is 518 Å².